The van der Waals surface area contributed by atoms with Crippen molar-refractivity contribution >= 4 is 55.4 Å². The summed E-state index contributed by atoms with van der Waals surface area (Å²) < 4.78 is 0. The van der Waals surface area contributed by atoms with Crippen molar-refractivity contribution in [2.24, 2.45) is 0 Å². The highest BCUT2D eigenvalue weighted by atomic mass is 14.5. The summed E-state index contributed by atoms with van der Waals surface area (Å²) in [5.74, 6) is 0. The van der Waals surface area contributed by atoms with Crippen LogP contribution in [-0.4, -0.2) is 11.4 Å². The second kappa shape index (κ2) is 9.64. The molecule has 0 saturated carbocycles. The van der Waals surface area contributed by atoms with E-state index in [1.807, 2.05) is 6.08 Å². The van der Waals surface area contributed by atoms with Crippen molar-refractivity contribution in [3.8, 4) is 22.3 Å². The van der Waals surface area contributed by atoms with Crippen LogP contribution >= 0.6 is 0 Å². The smallest absolute Gasteiger partial charge is 0.0795 e. The molecular formula is C40H28N2. The largest absolute Gasteiger partial charge is 0.299 e. The molecule has 0 aliphatic heterocycles. The number of rotatable bonds is 3. The van der Waals surface area contributed by atoms with Gasteiger partial charge in [0.2, 0.25) is 0 Å². The Morgan fingerprint density at radius 2 is 1.19 bits per heavy atom. The average molecular weight is 537 g/mol. The summed E-state index contributed by atoms with van der Waals surface area (Å²) in [5.41, 5.74) is 10.1. The van der Waals surface area contributed by atoms with E-state index in [2.05, 4.69) is 115 Å². The fraction of sp³-hybridized carbons (Fsp3) is 0.0500. The van der Waals surface area contributed by atoms with Crippen LogP contribution in [0.25, 0.3) is 66.2 Å². The quantitative estimate of drug-likeness (QED) is 0.167. The predicted octanol–water partition coefficient (Wildman–Crippen LogP) is 10.4. The van der Waals surface area contributed by atoms with Crippen molar-refractivity contribution in [2.75, 3.05) is 0 Å². The third-order valence-corrected chi connectivity index (χ3v) is 8.72. The molecule has 0 spiro atoms. The van der Waals surface area contributed by atoms with Crippen LogP contribution in [0.1, 0.15) is 23.1 Å². The van der Waals surface area contributed by atoms with Crippen LogP contribution < -0.4 is 0 Å². The van der Waals surface area contributed by atoms with E-state index in [0.717, 1.165) is 24.0 Å². The van der Waals surface area contributed by atoms with Crippen molar-refractivity contribution < 1.29 is 0 Å². The lowest BCUT2D eigenvalue weighted by Gasteiger charge is -2.20. The van der Waals surface area contributed by atoms with E-state index in [1.54, 1.807) is 12.2 Å². The first kappa shape index (κ1) is 24.5. The molecule has 0 bridgehead atoms. The number of aryl methyl sites for hydroxylation is 1. The summed E-state index contributed by atoms with van der Waals surface area (Å²) in [4.78, 5) is 0. The number of hydrogen-bond donors (Lipinski definition) is 2. The van der Waals surface area contributed by atoms with Gasteiger partial charge in [0, 0.05) is 0 Å². The molecule has 0 atom stereocenters. The van der Waals surface area contributed by atoms with Crippen LogP contribution in [0, 0.1) is 10.8 Å². The molecule has 0 fully saturated rings. The summed E-state index contributed by atoms with van der Waals surface area (Å²) in [7, 11) is 0. The molecule has 0 aromatic heterocycles. The van der Waals surface area contributed by atoms with E-state index in [4.69, 9.17) is 10.8 Å². The summed E-state index contributed by atoms with van der Waals surface area (Å²) in [6.45, 7) is 0. The maximum atomic E-state index is 8.26. The second-order valence-electron chi connectivity index (χ2n) is 11.2. The van der Waals surface area contributed by atoms with E-state index in [0.29, 0.717) is 0 Å². The number of hydrogen-bond acceptors (Lipinski definition) is 2. The maximum Gasteiger partial charge on any atom is 0.0795 e. The Labute approximate surface area is 245 Å². The van der Waals surface area contributed by atoms with Crippen LogP contribution in [0.4, 0.5) is 0 Å². The minimum Gasteiger partial charge on any atom is -0.299 e. The molecule has 0 radical (unpaired) electrons. The van der Waals surface area contributed by atoms with Gasteiger partial charge >= 0.3 is 0 Å². The Morgan fingerprint density at radius 1 is 0.500 bits per heavy atom. The van der Waals surface area contributed by atoms with Crippen molar-refractivity contribution in [3.05, 3.63) is 144 Å². The van der Waals surface area contributed by atoms with Crippen molar-refractivity contribution in [1.29, 1.82) is 10.8 Å². The highest BCUT2D eigenvalue weighted by Crippen LogP contribution is 2.45. The summed E-state index contributed by atoms with van der Waals surface area (Å²) in [6.07, 6.45) is 12.1. The monoisotopic (exact) mass is 536 g/mol. The van der Waals surface area contributed by atoms with E-state index in [9.17, 15) is 0 Å². The molecule has 0 heterocycles. The third-order valence-electron chi connectivity index (χ3n) is 8.72. The van der Waals surface area contributed by atoms with Gasteiger partial charge in [0.25, 0.3) is 0 Å². The molecule has 2 nitrogen and oxygen atoms in total. The molecule has 2 N–H and O–H groups in total. The minimum atomic E-state index is 0.240. The molecule has 0 unspecified atom stereocenters. The zero-order valence-electron chi connectivity index (χ0n) is 23.1. The second-order valence-corrected chi connectivity index (χ2v) is 11.2. The van der Waals surface area contributed by atoms with Gasteiger partial charge in [-0.05, 0) is 114 Å². The van der Waals surface area contributed by atoms with Gasteiger partial charge in [-0.15, -0.1) is 0 Å². The molecule has 2 heteroatoms. The Morgan fingerprint density at radius 3 is 2.02 bits per heavy atom. The molecule has 198 valence electrons. The molecule has 0 amide bonds. The van der Waals surface area contributed by atoms with E-state index >= 15 is 0 Å². The van der Waals surface area contributed by atoms with Gasteiger partial charge < -0.3 is 0 Å². The van der Waals surface area contributed by atoms with Gasteiger partial charge in [0.15, 0.2) is 0 Å². The van der Waals surface area contributed by atoms with Gasteiger partial charge in [-0.3, -0.25) is 10.8 Å². The first-order valence-electron chi connectivity index (χ1n) is 14.5. The standard InChI is InChI=1S/C40H28N2/c41-37-20-18-30(24-38(37)42)29-17-19-35-36(23-29)40(32-16-14-26-8-2-4-10-28(26)22-32)34-12-6-5-11-33(34)39(35)31-15-13-25-7-1-3-9-27(25)21-31/h1-2,4-8,10-24,41-42H,3,9H2. The zero-order valence-corrected chi connectivity index (χ0v) is 23.1. The predicted molar refractivity (Wildman–Crippen MR) is 180 cm³/mol. The van der Waals surface area contributed by atoms with Crippen LogP contribution in [0.3, 0.4) is 0 Å². The molecule has 6 aromatic carbocycles. The Bertz CT molecular complexity index is 2230. The molecule has 42 heavy (non-hydrogen) atoms. The fourth-order valence-electron chi connectivity index (χ4n) is 6.64. The van der Waals surface area contributed by atoms with E-state index in [-0.39, 0.29) is 11.4 Å². The highest BCUT2D eigenvalue weighted by molar-refractivity contribution is 6.50. The summed E-state index contributed by atoms with van der Waals surface area (Å²) in [5, 5.41) is 23.6. The van der Waals surface area contributed by atoms with Gasteiger partial charge in [0.1, 0.15) is 0 Å². The SMILES string of the molecule is N=C1C=CC(c2ccc3c(-c4ccc5c(c4)CCC=C5)c4ccccc4c(-c4ccc5ccccc5c4)c3c2)=CC1=N. The number of nitrogens with one attached hydrogen (secondary N) is 2. The van der Waals surface area contributed by atoms with Crippen molar-refractivity contribution in [2.45, 2.75) is 12.8 Å². The number of allylic oxidation sites excluding steroid dienone is 5. The van der Waals surface area contributed by atoms with Gasteiger partial charge in [-0.1, -0.05) is 109 Å². The van der Waals surface area contributed by atoms with E-state index in [1.165, 1.54) is 65.7 Å². The van der Waals surface area contributed by atoms with E-state index < -0.39 is 0 Å². The lowest BCUT2D eigenvalue weighted by Crippen LogP contribution is -2.09. The normalized spacial score (nSPS) is 14.5. The van der Waals surface area contributed by atoms with Crippen LogP contribution in [0.2, 0.25) is 0 Å². The molecule has 2 aliphatic rings. The third kappa shape index (κ3) is 3.95. The van der Waals surface area contributed by atoms with Gasteiger partial charge in [-0.25, -0.2) is 0 Å². The topological polar surface area (TPSA) is 47.7 Å². The molecule has 2 aliphatic carbocycles. The lowest BCUT2D eigenvalue weighted by atomic mass is 9.83. The fourth-order valence-corrected chi connectivity index (χ4v) is 6.64. The molecular weight excluding hydrogens is 508 g/mol. The number of benzene rings is 6. The van der Waals surface area contributed by atoms with Crippen molar-refractivity contribution in [3.63, 3.8) is 0 Å². The first-order chi connectivity index (χ1) is 20.6. The van der Waals surface area contributed by atoms with Gasteiger partial charge in [0.05, 0.1) is 11.4 Å². The molecule has 8 rings (SSSR count). The van der Waals surface area contributed by atoms with Gasteiger partial charge in [-0.2, -0.15) is 0 Å². The Kier molecular flexibility index (Phi) is 5.61. The summed E-state index contributed by atoms with van der Waals surface area (Å²) in [6, 6.07) is 37.8. The molecule has 6 aromatic rings. The van der Waals surface area contributed by atoms with Crippen LogP contribution in [0.5, 0.6) is 0 Å². The summed E-state index contributed by atoms with van der Waals surface area (Å²) >= 11 is 0. The van der Waals surface area contributed by atoms with Crippen LogP contribution in [-0.2, 0) is 6.42 Å². The Hall–Kier alpha value is -5.34. The minimum absolute atomic E-state index is 0.240. The average Bonchev–Trinajstić information content (AvgIpc) is 3.04. The highest BCUT2D eigenvalue weighted by Gasteiger charge is 2.19. The van der Waals surface area contributed by atoms with Crippen LogP contribution in [0.15, 0.2) is 127 Å². The maximum absolute atomic E-state index is 8.26. The molecule has 0 saturated heterocycles. The Balaban J connectivity index is 1.47. The lowest BCUT2D eigenvalue weighted by molar-refractivity contribution is 0.986. The number of fused-ring (bicyclic) bond motifs is 4. The zero-order chi connectivity index (χ0) is 28.2. The van der Waals surface area contributed by atoms with Crippen molar-refractivity contribution in [1.82, 2.24) is 0 Å². The first-order valence-corrected chi connectivity index (χ1v) is 14.5.